The van der Waals surface area contributed by atoms with E-state index in [1.807, 2.05) is 0 Å². The molecule has 0 aromatic heterocycles. The summed E-state index contributed by atoms with van der Waals surface area (Å²) in [7, 11) is 1.59. The van der Waals surface area contributed by atoms with Gasteiger partial charge in [-0.1, -0.05) is 15.9 Å². The third kappa shape index (κ3) is 3.99. The maximum Gasteiger partial charge on any atom is 0.416 e. The molecule has 0 saturated carbocycles. The van der Waals surface area contributed by atoms with Gasteiger partial charge in [-0.05, 0) is 32.2 Å². The van der Waals surface area contributed by atoms with Gasteiger partial charge in [-0.15, -0.1) is 0 Å². The number of nitrogens with one attached hydrogen (secondary N) is 2. The third-order valence-electron chi connectivity index (χ3n) is 2.32. The lowest BCUT2D eigenvalue weighted by molar-refractivity contribution is -0.137. The predicted molar refractivity (Wildman–Crippen MR) is 66.3 cm³/mol. The molecule has 1 aromatic carbocycles. The molecule has 3 nitrogen and oxygen atoms in total. The van der Waals surface area contributed by atoms with E-state index in [1.165, 1.54) is 6.07 Å². The number of anilines is 1. The molecule has 1 rings (SSSR count). The fraction of sp³-hybridized carbons (Fsp3) is 0.364. The van der Waals surface area contributed by atoms with Gasteiger partial charge >= 0.3 is 6.18 Å². The molecule has 1 unspecified atom stereocenters. The molecule has 1 atom stereocenters. The van der Waals surface area contributed by atoms with Gasteiger partial charge in [-0.2, -0.15) is 13.2 Å². The number of carbonyl (C=O) groups excluding carboxylic acids is 1. The van der Waals surface area contributed by atoms with Gasteiger partial charge in [0.15, 0.2) is 0 Å². The smallest absolute Gasteiger partial charge is 0.325 e. The Bertz CT molecular complexity index is 448. The van der Waals surface area contributed by atoms with Crippen LogP contribution in [0.5, 0.6) is 0 Å². The van der Waals surface area contributed by atoms with E-state index in [2.05, 4.69) is 26.6 Å². The van der Waals surface area contributed by atoms with Crippen LogP contribution < -0.4 is 10.6 Å². The quantitative estimate of drug-likeness (QED) is 0.897. The van der Waals surface area contributed by atoms with E-state index in [-0.39, 0.29) is 10.2 Å². The summed E-state index contributed by atoms with van der Waals surface area (Å²) >= 11 is 2.98. The monoisotopic (exact) mass is 324 g/mol. The molecule has 0 heterocycles. The van der Waals surface area contributed by atoms with Crippen LogP contribution in [-0.4, -0.2) is 19.0 Å². The standard InChI is InChI=1S/C11H12BrF3N2O/c1-6(16-2)10(18)17-9-4-7(11(13,14)15)3-8(12)5-9/h3-6,16H,1-2H3,(H,17,18). The molecule has 7 heteroatoms. The van der Waals surface area contributed by atoms with E-state index < -0.39 is 23.7 Å². The van der Waals surface area contributed by atoms with Crippen molar-refractivity contribution in [3.8, 4) is 0 Å². The zero-order valence-electron chi connectivity index (χ0n) is 9.73. The van der Waals surface area contributed by atoms with E-state index in [9.17, 15) is 18.0 Å². The number of rotatable bonds is 3. The molecule has 2 N–H and O–H groups in total. The summed E-state index contributed by atoms with van der Waals surface area (Å²) in [4.78, 5) is 11.5. The molecule has 0 radical (unpaired) electrons. The predicted octanol–water partition coefficient (Wildman–Crippen LogP) is 3.01. The Labute approximate surface area is 111 Å². The minimum atomic E-state index is -4.45. The Morgan fingerprint density at radius 2 is 1.94 bits per heavy atom. The van der Waals surface area contributed by atoms with Crippen molar-refractivity contribution in [1.29, 1.82) is 0 Å². The Morgan fingerprint density at radius 3 is 2.44 bits per heavy atom. The maximum absolute atomic E-state index is 12.6. The van der Waals surface area contributed by atoms with Crippen molar-refractivity contribution < 1.29 is 18.0 Å². The van der Waals surface area contributed by atoms with Crippen LogP contribution in [0.25, 0.3) is 0 Å². The van der Waals surface area contributed by atoms with E-state index in [0.717, 1.165) is 12.1 Å². The summed E-state index contributed by atoms with van der Waals surface area (Å²) < 4.78 is 37.9. The van der Waals surface area contributed by atoms with Crippen LogP contribution >= 0.6 is 15.9 Å². The Balaban J connectivity index is 2.97. The second-order valence-electron chi connectivity index (χ2n) is 3.73. The molecule has 18 heavy (non-hydrogen) atoms. The Hall–Kier alpha value is -1.08. The van der Waals surface area contributed by atoms with Gasteiger partial charge in [0, 0.05) is 10.2 Å². The fourth-order valence-corrected chi connectivity index (χ4v) is 1.70. The first-order valence-electron chi connectivity index (χ1n) is 5.10. The van der Waals surface area contributed by atoms with Crippen LogP contribution in [0.3, 0.4) is 0 Å². The summed E-state index contributed by atoms with van der Waals surface area (Å²) in [6, 6.07) is 2.77. The number of halogens is 4. The lowest BCUT2D eigenvalue weighted by Gasteiger charge is -2.13. The minimum Gasteiger partial charge on any atom is -0.325 e. The van der Waals surface area contributed by atoms with Crippen molar-refractivity contribution in [2.75, 3.05) is 12.4 Å². The molecular formula is C11H12BrF3N2O. The molecule has 0 fully saturated rings. The normalized spacial score (nSPS) is 13.2. The third-order valence-corrected chi connectivity index (χ3v) is 2.78. The van der Waals surface area contributed by atoms with E-state index in [1.54, 1.807) is 14.0 Å². The lowest BCUT2D eigenvalue weighted by Crippen LogP contribution is -2.35. The van der Waals surface area contributed by atoms with Crippen molar-refractivity contribution in [2.24, 2.45) is 0 Å². The van der Waals surface area contributed by atoms with Gasteiger partial charge in [0.2, 0.25) is 5.91 Å². The Kier molecular flexibility index (Phi) is 4.75. The highest BCUT2D eigenvalue weighted by Crippen LogP contribution is 2.33. The van der Waals surface area contributed by atoms with Crippen LogP contribution in [0, 0.1) is 0 Å². The minimum absolute atomic E-state index is 0.101. The average molecular weight is 325 g/mol. The van der Waals surface area contributed by atoms with Crippen LogP contribution in [0.1, 0.15) is 12.5 Å². The molecule has 1 amide bonds. The fourth-order valence-electron chi connectivity index (χ4n) is 1.21. The van der Waals surface area contributed by atoms with Crippen LogP contribution in [0.4, 0.5) is 18.9 Å². The van der Waals surface area contributed by atoms with Crippen molar-refractivity contribution in [1.82, 2.24) is 5.32 Å². The van der Waals surface area contributed by atoms with Gasteiger partial charge in [0.1, 0.15) is 0 Å². The van der Waals surface area contributed by atoms with Gasteiger partial charge in [-0.25, -0.2) is 0 Å². The number of hydrogen-bond donors (Lipinski definition) is 2. The average Bonchev–Trinajstić information content (AvgIpc) is 2.25. The van der Waals surface area contributed by atoms with E-state index in [4.69, 9.17) is 0 Å². The summed E-state index contributed by atoms with van der Waals surface area (Å²) in [5.41, 5.74) is -0.715. The first-order chi connectivity index (χ1) is 8.24. The number of benzene rings is 1. The molecule has 0 aliphatic heterocycles. The Morgan fingerprint density at radius 1 is 1.33 bits per heavy atom. The molecule has 0 aliphatic rings. The zero-order valence-corrected chi connectivity index (χ0v) is 11.3. The molecule has 0 saturated heterocycles. The molecule has 0 aliphatic carbocycles. The van der Waals surface area contributed by atoms with Crippen molar-refractivity contribution in [2.45, 2.75) is 19.1 Å². The molecular weight excluding hydrogens is 313 g/mol. The molecule has 0 spiro atoms. The van der Waals surface area contributed by atoms with Crippen LogP contribution in [0.2, 0.25) is 0 Å². The number of likely N-dealkylation sites (N-methyl/N-ethyl adjacent to an activating group) is 1. The number of amides is 1. The molecule has 0 bridgehead atoms. The summed E-state index contributed by atoms with van der Waals surface area (Å²) in [5.74, 6) is -0.399. The van der Waals surface area contributed by atoms with Crippen molar-refractivity contribution in [3.05, 3.63) is 28.2 Å². The van der Waals surface area contributed by atoms with Gasteiger partial charge in [-0.3, -0.25) is 4.79 Å². The summed E-state index contributed by atoms with van der Waals surface area (Å²) in [6.45, 7) is 1.61. The number of carbonyl (C=O) groups is 1. The summed E-state index contributed by atoms with van der Waals surface area (Å²) in [6.07, 6.45) is -4.45. The van der Waals surface area contributed by atoms with Gasteiger partial charge < -0.3 is 10.6 Å². The van der Waals surface area contributed by atoms with Gasteiger partial charge in [0.25, 0.3) is 0 Å². The van der Waals surface area contributed by atoms with E-state index >= 15 is 0 Å². The SMILES string of the molecule is CNC(C)C(=O)Nc1cc(Br)cc(C(F)(F)F)c1. The number of alkyl halides is 3. The van der Waals surface area contributed by atoms with E-state index in [0.29, 0.717) is 0 Å². The largest absolute Gasteiger partial charge is 0.416 e. The van der Waals surface area contributed by atoms with Crippen LogP contribution in [0.15, 0.2) is 22.7 Å². The first-order valence-corrected chi connectivity index (χ1v) is 5.89. The summed E-state index contributed by atoms with van der Waals surface area (Å²) in [5, 5.41) is 5.11. The highest BCUT2D eigenvalue weighted by atomic mass is 79.9. The zero-order chi connectivity index (χ0) is 13.9. The topological polar surface area (TPSA) is 41.1 Å². The number of hydrogen-bond acceptors (Lipinski definition) is 2. The second kappa shape index (κ2) is 5.71. The van der Waals surface area contributed by atoms with Crippen molar-refractivity contribution >= 4 is 27.5 Å². The van der Waals surface area contributed by atoms with Gasteiger partial charge in [0.05, 0.1) is 11.6 Å². The maximum atomic E-state index is 12.6. The molecule has 1 aromatic rings. The lowest BCUT2D eigenvalue weighted by atomic mass is 10.2. The molecule has 100 valence electrons. The van der Waals surface area contributed by atoms with Crippen LogP contribution in [-0.2, 0) is 11.0 Å². The second-order valence-corrected chi connectivity index (χ2v) is 4.64. The van der Waals surface area contributed by atoms with Crippen molar-refractivity contribution in [3.63, 3.8) is 0 Å². The first kappa shape index (κ1) is 15.0. The highest BCUT2D eigenvalue weighted by Gasteiger charge is 2.31. The highest BCUT2D eigenvalue weighted by molar-refractivity contribution is 9.10.